The third kappa shape index (κ3) is 9.16. The number of hydrogen-bond donors (Lipinski definition) is 8. The van der Waals surface area contributed by atoms with Crippen molar-refractivity contribution >= 4 is 40.6 Å². The summed E-state index contributed by atoms with van der Waals surface area (Å²) in [4.78, 5) is 72.2. The second-order valence-electron chi connectivity index (χ2n) is 10.5. The molecule has 14 heteroatoms. The maximum Gasteiger partial charge on any atom is 0.326 e. The Morgan fingerprint density at radius 1 is 0.905 bits per heavy atom. The van der Waals surface area contributed by atoms with Gasteiger partial charge in [0.2, 0.25) is 17.7 Å². The summed E-state index contributed by atoms with van der Waals surface area (Å²) >= 11 is 0. The number of nitrogens with two attached hydrogens (primary N) is 1. The van der Waals surface area contributed by atoms with Gasteiger partial charge < -0.3 is 41.9 Å². The van der Waals surface area contributed by atoms with Gasteiger partial charge in [-0.25, -0.2) is 9.78 Å². The molecule has 1 aromatic carbocycles. The van der Waals surface area contributed by atoms with Gasteiger partial charge in [0.1, 0.15) is 18.1 Å². The summed E-state index contributed by atoms with van der Waals surface area (Å²) < 4.78 is 0. The molecule has 0 aliphatic heterocycles. The highest BCUT2D eigenvalue weighted by molar-refractivity contribution is 5.94. The number of hydrogen-bond acceptors (Lipinski definition) is 7. The van der Waals surface area contributed by atoms with Crippen molar-refractivity contribution in [3.8, 4) is 0 Å². The molecule has 0 saturated heterocycles. The number of H-pyrrole nitrogens is 2. The Balaban J connectivity index is 1.70. The minimum atomic E-state index is -1.37. The summed E-state index contributed by atoms with van der Waals surface area (Å²) in [7, 11) is 0. The fraction of sp³-hybridized carbons (Fsp3) is 0.429. The average molecular weight is 584 g/mol. The number of para-hydroxylation sites is 1. The molecule has 0 aliphatic rings. The summed E-state index contributed by atoms with van der Waals surface area (Å²) in [5.41, 5.74) is 8.39. The zero-order chi connectivity index (χ0) is 30.8. The molecule has 0 bridgehead atoms. The number of fused-ring (bicyclic) bond motifs is 1. The van der Waals surface area contributed by atoms with E-state index < -0.39 is 60.2 Å². The molecule has 3 amide bonds. The van der Waals surface area contributed by atoms with E-state index in [1.807, 2.05) is 38.1 Å². The Morgan fingerprint density at radius 3 is 2.21 bits per heavy atom. The molecule has 9 N–H and O–H groups in total. The molecule has 14 nitrogen and oxygen atoms in total. The predicted molar refractivity (Wildman–Crippen MR) is 152 cm³/mol. The number of nitrogens with zero attached hydrogens (tertiary/aromatic N) is 1. The molecule has 3 aromatic rings. The minimum absolute atomic E-state index is 0.0389. The standard InChI is InChI=1S/C28H37N7O7/c1-15(2)9-22(34-25(38)19(29)10-16-12-31-20-6-4-3-5-18(16)20)27(40)33-21(7-8-24(36)37)26(39)35-23(28(41)42)11-17-13-30-14-32-17/h3-6,12-15,19,21-23,31H,7-11,29H2,1-2H3,(H,30,32)(H,33,40)(H,34,38)(H,35,39)(H,36,37)(H,41,42). The van der Waals surface area contributed by atoms with E-state index in [0.717, 1.165) is 16.5 Å². The SMILES string of the molecule is CC(C)CC(NC(=O)C(N)Cc1c[nH]c2ccccc12)C(=O)NC(CCC(=O)O)C(=O)NC(Cc1cnc[nH]1)C(=O)O. The molecule has 4 unspecified atom stereocenters. The molecule has 42 heavy (non-hydrogen) atoms. The number of amides is 3. The number of aromatic nitrogens is 3. The van der Waals surface area contributed by atoms with Gasteiger partial charge in [0.05, 0.1) is 12.4 Å². The van der Waals surface area contributed by atoms with Crippen molar-refractivity contribution in [1.29, 1.82) is 0 Å². The van der Waals surface area contributed by atoms with Crippen LogP contribution in [0.1, 0.15) is 44.4 Å². The Labute approximate surface area is 241 Å². The molecule has 2 aromatic heterocycles. The second-order valence-corrected chi connectivity index (χ2v) is 10.5. The smallest absolute Gasteiger partial charge is 0.326 e. The molecule has 0 fully saturated rings. The highest BCUT2D eigenvalue weighted by Crippen LogP contribution is 2.19. The van der Waals surface area contributed by atoms with Crippen LogP contribution in [0.4, 0.5) is 0 Å². The van der Waals surface area contributed by atoms with E-state index in [9.17, 15) is 34.2 Å². The third-order valence-corrected chi connectivity index (χ3v) is 6.66. The van der Waals surface area contributed by atoms with Crippen LogP contribution in [-0.4, -0.2) is 79.0 Å². The monoisotopic (exact) mass is 583 g/mol. The van der Waals surface area contributed by atoms with Crippen LogP contribution < -0.4 is 21.7 Å². The fourth-order valence-corrected chi connectivity index (χ4v) is 4.51. The maximum absolute atomic E-state index is 13.3. The van der Waals surface area contributed by atoms with Crippen LogP contribution in [0.5, 0.6) is 0 Å². The lowest BCUT2D eigenvalue weighted by atomic mass is 10.0. The van der Waals surface area contributed by atoms with E-state index in [1.54, 1.807) is 6.20 Å². The quantitative estimate of drug-likeness (QED) is 0.117. The summed E-state index contributed by atoms with van der Waals surface area (Å²) in [6.45, 7) is 3.69. The number of nitrogens with one attached hydrogen (secondary N) is 5. The normalized spacial score (nSPS) is 14.1. The van der Waals surface area contributed by atoms with Gasteiger partial charge in [-0.1, -0.05) is 32.0 Å². The number of aliphatic carboxylic acids is 2. The maximum atomic E-state index is 13.3. The Kier molecular flexibility index (Phi) is 11.2. The Bertz CT molecular complexity index is 1390. The van der Waals surface area contributed by atoms with Gasteiger partial charge in [0.25, 0.3) is 0 Å². The van der Waals surface area contributed by atoms with Crippen LogP contribution in [0.15, 0.2) is 43.0 Å². The number of carbonyl (C=O) groups excluding carboxylic acids is 3. The van der Waals surface area contributed by atoms with Crippen LogP contribution >= 0.6 is 0 Å². The lowest BCUT2D eigenvalue weighted by Crippen LogP contribution is -2.57. The van der Waals surface area contributed by atoms with Gasteiger partial charge >= 0.3 is 11.9 Å². The van der Waals surface area contributed by atoms with E-state index in [4.69, 9.17) is 5.73 Å². The molecule has 0 aliphatic carbocycles. The van der Waals surface area contributed by atoms with Gasteiger partial charge in [-0.05, 0) is 36.8 Å². The summed E-state index contributed by atoms with van der Waals surface area (Å²) in [6, 6.07) is 2.78. The predicted octanol–water partition coefficient (Wildman–Crippen LogP) is 0.453. The number of benzene rings is 1. The summed E-state index contributed by atoms with van der Waals surface area (Å²) in [5.74, 6) is -4.73. The van der Waals surface area contributed by atoms with Crippen molar-refractivity contribution in [1.82, 2.24) is 30.9 Å². The molecule has 3 rings (SSSR count). The summed E-state index contributed by atoms with van der Waals surface area (Å²) in [5, 5.41) is 27.2. The van der Waals surface area contributed by atoms with Crippen molar-refractivity contribution in [2.45, 2.75) is 70.1 Å². The molecular weight excluding hydrogens is 546 g/mol. The second kappa shape index (κ2) is 14.8. The van der Waals surface area contributed by atoms with Crippen LogP contribution in [0.2, 0.25) is 0 Å². The van der Waals surface area contributed by atoms with Gasteiger partial charge in [0, 0.05) is 41.8 Å². The number of imidazole rings is 1. The number of carboxylic acids is 2. The van der Waals surface area contributed by atoms with E-state index >= 15 is 0 Å². The lowest BCUT2D eigenvalue weighted by Gasteiger charge is -2.26. The van der Waals surface area contributed by atoms with Gasteiger partial charge in [-0.2, -0.15) is 0 Å². The van der Waals surface area contributed by atoms with Crippen LogP contribution in [0.25, 0.3) is 10.9 Å². The highest BCUT2D eigenvalue weighted by atomic mass is 16.4. The topological polar surface area (TPSA) is 232 Å². The Hall–Kier alpha value is -4.72. The number of rotatable bonds is 16. The van der Waals surface area contributed by atoms with Gasteiger partial charge in [0.15, 0.2) is 0 Å². The van der Waals surface area contributed by atoms with E-state index in [-0.39, 0.29) is 31.6 Å². The zero-order valence-corrected chi connectivity index (χ0v) is 23.4. The fourth-order valence-electron chi connectivity index (χ4n) is 4.51. The molecule has 2 heterocycles. The zero-order valence-electron chi connectivity index (χ0n) is 23.4. The molecular formula is C28H37N7O7. The third-order valence-electron chi connectivity index (χ3n) is 6.66. The van der Waals surface area contributed by atoms with Crippen molar-refractivity contribution in [3.63, 3.8) is 0 Å². The first kappa shape index (κ1) is 31.8. The van der Waals surface area contributed by atoms with Crippen LogP contribution in [-0.2, 0) is 36.8 Å². The molecule has 0 radical (unpaired) electrons. The lowest BCUT2D eigenvalue weighted by molar-refractivity contribution is -0.143. The molecule has 4 atom stereocenters. The highest BCUT2D eigenvalue weighted by Gasteiger charge is 2.31. The van der Waals surface area contributed by atoms with Crippen molar-refractivity contribution < 1.29 is 34.2 Å². The largest absolute Gasteiger partial charge is 0.481 e. The van der Waals surface area contributed by atoms with Crippen LogP contribution in [0, 0.1) is 5.92 Å². The van der Waals surface area contributed by atoms with E-state index in [0.29, 0.717) is 5.69 Å². The average Bonchev–Trinajstić information content (AvgIpc) is 3.59. The number of carbonyl (C=O) groups is 5. The molecule has 0 saturated carbocycles. The number of aromatic amines is 2. The minimum Gasteiger partial charge on any atom is -0.481 e. The van der Waals surface area contributed by atoms with Crippen LogP contribution in [0.3, 0.4) is 0 Å². The Morgan fingerprint density at radius 2 is 1.57 bits per heavy atom. The van der Waals surface area contributed by atoms with Crippen molar-refractivity contribution in [3.05, 3.63) is 54.2 Å². The van der Waals surface area contributed by atoms with E-state index in [1.165, 1.54) is 12.5 Å². The molecule has 226 valence electrons. The van der Waals surface area contributed by atoms with Crippen molar-refractivity contribution in [2.75, 3.05) is 0 Å². The number of carboxylic acid groups (broad SMARTS) is 2. The van der Waals surface area contributed by atoms with E-state index in [2.05, 4.69) is 30.9 Å². The van der Waals surface area contributed by atoms with Gasteiger partial charge in [-0.15, -0.1) is 0 Å². The summed E-state index contributed by atoms with van der Waals surface area (Å²) in [6.07, 6.45) is 4.10. The first-order valence-corrected chi connectivity index (χ1v) is 13.6. The first-order valence-electron chi connectivity index (χ1n) is 13.6. The van der Waals surface area contributed by atoms with Crippen molar-refractivity contribution in [2.24, 2.45) is 11.7 Å². The molecule has 0 spiro atoms. The van der Waals surface area contributed by atoms with Gasteiger partial charge in [-0.3, -0.25) is 19.2 Å². The first-order chi connectivity index (χ1) is 19.9.